The number of rotatable bonds is 2. The number of carbonyl (C=O) groups excluding carboxylic acids is 1. The van der Waals surface area contributed by atoms with E-state index in [9.17, 15) is 4.79 Å². The summed E-state index contributed by atoms with van der Waals surface area (Å²) >= 11 is 0. The fourth-order valence-electron chi connectivity index (χ4n) is 1.27. The number of hydrogen-bond donors (Lipinski definition) is 3. The van der Waals surface area contributed by atoms with Crippen molar-refractivity contribution in [3.8, 4) is 11.5 Å². The molecule has 4 heteroatoms. The molecule has 0 saturated heterocycles. The molecule has 0 aliphatic heterocycles. The number of benzene rings is 2. The Hall–Kier alpha value is -2.33. The van der Waals surface area contributed by atoms with Gasteiger partial charge in [-0.15, -0.1) is 0 Å². The minimum atomic E-state index is 0. The van der Waals surface area contributed by atoms with E-state index in [1.807, 2.05) is 6.07 Å². The Morgan fingerprint density at radius 3 is 1.84 bits per heavy atom. The van der Waals surface area contributed by atoms with Crippen molar-refractivity contribution in [2.75, 3.05) is 0 Å². The van der Waals surface area contributed by atoms with Crippen molar-refractivity contribution in [1.29, 1.82) is 0 Å². The van der Waals surface area contributed by atoms with Crippen molar-refractivity contribution in [1.82, 2.24) is 0 Å². The van der Waals surface area contributed by atoms with Crippen molar-refractivity contribution >= 4 is 6.29 Å². The van der Waals surface area contributed by atoms with Crippen LogP contribution in [0.4, 0.5) is 0 Å². The molecule has 0 radical (unpaired) electrons. The van der Waals surface area contributed by atoms with Gasteiger partial charge in [-0.05, 0) is 18.2 Å². The molecule has 4 nitrogen and oxygen atoms in total. The van der Waals surface area contributed by atoms with E-state index in [1.54, 1.807) is 36.4 Å². The quantitative estimate of drug-likeness (QED) is 0.726. The Balaban J connectivity index is 0.000000324. The Morgan fingerprint density at radius 2 is 1.47 bits per heavy atom. The third kappa shape index (κ3) is 5.23. The number of phenolic OH excluding ortho intramolecular Hbond substituents is 2. The minimum Gasteiger partial charge on any atom is -0.508 e. The molecule has 2 aromatic rings. The Kier molecular flexibility index (Phi) is 7.65. The fraction of sp³-hybridized carbons (Fsp3) is 0.133. The zero-order valence-electron chi connectivity index (χ0n) is 9.78. The number of hydrogen-bond acceptors (Lipinski definition) is 4. The maximum absolute atomic E-state index is 10.1. The normalized spacial score (nSPS) is 8.68. The second kappa shape index (κ2) is 8.72. The predicted molar refractivity (Wildman–Crippen MR) is 76.2 cm³/mol. The number of carbonyl (C=O) groups is 1. The summed E-state index contributed by atoms with van der Waals surface area (Å²) in [6.07, 6.45) is 0.620. The van der Waals surface area contributed by atoms with Gasteiger partial charge in [-0.25, -0.2) is 0 Å². The lowest BCUT2D eigenvalue weighted by molar-refractivity contribution is 0.112. The van der Waals surface area contributed by atoms with Gasteiger partial charge in [-0.2, -0.15) is 0 Å². The summed E-state index contributed by atoms with van der Waals surface area (Å²) in [5.74, 6) is 0.313. The molecule has 102 valence electrons. The highest BCUT2D eigenvalue weighted by atomic mass is 16.3. The fourth-order valence-corrected chi connectivity index (χ4v) is 1.27. The van der Waals surface area contributed by atoms with Crippen LogP contribution in [0, 0.1) is 0 Å². The van der Waals surface area contributed by atoms with E-state index in [4.69, 9.17) is 15.9 Å². The van der Waals surface area contributed by atoms with Crippen molar-refractivity contribution < 1.29 is 15.0 Å². The number of aromatic hydroxyl groups is 2. The SMILES string of the molecule is C.NCc1ccccc1O.O=Cc1ccccc1O. The van der Waals surface area contributed by atoms with E-state index in [0.717, 1.165) is 5.56 Å². The molecule has 0 bridgehead atoms. The number of aldehydes is 1. The smallest absolute Gasteiger partial charge is 0.153 e. The van der Waals surface area contributed by atoms with Gasteiger partial charge in [0.15, 0.2) is 6.29 Å². The second-order valence-electron chi connectivity index (χ2n) is 3.51. The molecule has 0 atom stereocenters. The third-order valence-corrected chi connectivity index (χ3v) is 2.28. The van der Waals surface area contributed by atoms with Crippen LogP contribution in [0.25, 0.3) is 0 Å². The predicted octanol–water partition coefficient (Wildman–Crippen LogP) is 2.69. The molecule has 0 fully saturated rings. The van der Waals surface area contributed by atoms with E-state index in [1.165, 1.54) is 6.07 Å². The Labute approximate surface area is 113 Å². The van der Waals surface area contributed by atoms with Gasteiger partial charge in [0.25, 0.3) is 0 Å². The molecule has 4 N–H and O–H groups in total. The van der Waals surface area contributed by atoms with Gasteiger partial charge in [0.05, 0.1) is 5.56 Å². The molecule has 0 aliphatic rings. The molecule has 0 amide bonds. The van der Waals surface area contributed by atoms with Crippen molar-refractivity contribution in [2.45, 2.75) is 14.0 Å². The third-order valence-electron chi connectivity index (χ3n) is 2.28. The van der Waals surface area contributed by atoms with Crippen LogP contribution < -0.4 is 5.73 Å². The highest BCUT2D eigenvalue weighted by Gasteiger charge is 1.93. The summed E-state index contributed by atoms with van der Waals surface area (Å²) in [5, 5.41) is 17.9. The topological polar surface area (TPSA) is 83.5 Å². The molecule has 0 aromatic heterocycles. The van der Waals surface area contributed by atoms with E-state index >= 15 is 0 Å². The van der Waals surface area contributed by atoms with Crippen LogP contribution in [0.15, 0.2) is 48.5 Å². The summed E-state index contributed by atoms with van der Waals surface area (Å²) in [6, 6.07) is 13.5. The van der Waals surface area contributed by atoms with Gasteiger partial charge in [-0.3, -0.25) is 4.79 Å². The van der Waals surface area contributed by atoms with E-state index in [2.05, 4.69) is 0 Å². The number of para-hydroxylation sites is 2. The molecule has 0 unspecified atom stereocenters. The first kappa shape index (κ1) is 16.7. The molecule has 0 aliphatic carbocycles. The summed E-state index contributed by atoms with van der Waals surface area (Å²) in [4.78, 5) is 10.1. The Bertz CT molecular complexity index is 512. The van der Waals surface area contributed by atoms with Gasteiger partial charge in [0.1, 0.15) is 11.5 Å². The molecule has 0 spiro atoms. The van der Waals surface area contributed by atoms with Gasteiger partial charge < -0.3 is 15.9 Å². The summed E-state index contributed by atoms with van der Waals surface area (Å²) in [7, 11) is 0. The zero-order chi connectivity index (χ0) is 13.4. The van der Waals surface area contributed by atoms with Crippen LogP contribution >= 0.6 is 0 Å². The van der Waals surface area contributed by atoms with Crippen LogP contribution in [0.1, 0.15) is 23.3 Å². The summed E-state index contributed by atoms with van der Waals surface area (Å²) in [5.41, 5.74) is 6.41. The molecule has 2 aromatic carbocycles. The van der Waals surface area contributed by atoms with Gasteiger partial charge >= 0.3 is 0 Å². The maximum Gasteiger partial charge on any atom is 0.153 e. The zero-order valence-corrected chi connectivity index (χ0v) is 9.78. The van der Waals surface area contributed by atoms with Crippen LogP contribution in [0.2, 0.25) is 0 Å². The first-order chi connectivity index (χ1) is 8.69. The summed E-state index contributed by atoms with van der Waals surface area (Å²) < 4.78 is 0. The molecule has 19 heavy (non-hydrogen) atoms. The van der Waals surface area contributed by atoms with Crippen LogP contribution in [-0.4, -0.2) is 16.5 Å². The Morgan fingerprint density at radius 1 is 0.947 bits per heavy atom. The van der Waals surface area contributed by atoms with Gasteiger partial charge in [0.2, 0.25) is 0 Å². The largest absolute Gasteiger partial charge is 0.508 e. The lowest BCUT2D eigenvalue weighted by Gasteiger charge is -1.97. The van der Waals surface area contributed by atoms with E-state index in [-0.39, 0.29) is 18.9 Å². The average molecular weight is 261 g/mol. The lowest BCUT2D eigenvalue weighted by atomic mass is 10.2. The maximum atomic E-state index is 10.1. The molecule has 2 rings (SSSR count). The van der Waals surface area contributed by atoms with Crippen molar-refractivity contribution in [3.63, 3.8) is 0 Å². The van der Waals surface area contributed by atoms with Crippen LogP contribution in [-0.2, 0) is 6.54 Å². The number of nitrogens with two attached hydrogens (primary N) is 1. The van der Waals surface area contributed by atoms with Gasteiger partial charge in [0, 0.05) is 12.1 Å². The first-order valence-corrected chi connectivity index (χ1v) is 5.39. The summed E-state index contributed by atoms with van der Waals surface area (Å²) in [6.45, 7) is 0.396. The average Bonchev–Trinajstić information content (AvgIpc) is 2.41. The van der Waals surface area contributed by atoms with E-state index in [0.29, 0.717) is 18.4 Å². The number of phenols is 2. The van der Waals surface area contributed by atoms with Crippen molar-refractivity contribution in [3.05, 3.63) is 59.7 Å². The van der Waals surface area contributed by atoms with Crippen molar-refractivity contribution in [2.24, 2.45) is 5.73 Å². The highest BCUT2D eigenvalue weighted by Crippen LogP contribution is 2.13. The van der Waals surface area contributed by atoms with E-state index < -0.39 is 0 Å². The molecule has 0 heterocycles. The molecular weight excluding hydrogens is 242 g/mol. The van der Waals surface area contributed by atoms with Crippen LogP contribution in [0.3, 0.4) is 0 Å². The second-order valence-corrected chi connectivity index (χ2v) is 3.51. The first-order valence-electron chi connectivity index (χ1n) is 5.39. The van der Waals surface area contributed by atoms with Gasteiger partial charge in [-0.1, -0.05) is 37.8 Å². The molecule has 0 saturated carbocycles. The lowest BCUT2D eigenvalue weighted by Crippen LogP contribution is -1.95. The highest BCUT2D eigenvalue weighted by molar-refractivity contribution is 5.78. The minimum absolute atomic E-state index is 0. The standard InChI is InChI=1S/C7H9NO.C7H6O2.CH4/c2*8-5-6-3-1-2-4-7(6)9;/h1-4,9H,5,8H2;1-5,9H;1H4. The van der Waals surface area contributed by atoms with Crippen LogP contribution in [0.5, 0.6) is 11.5 Å². The molecular formula is C15H19NO3. The monoisotopic (exact) mass is 261 g/mol.